The van der Waals surface area contributed by atoms with Crippen LogP contribution in [0.15, 0.2) is 53.2 Å². The average molecular weight is 372 g/mol. The lowest BCUT2D eigenvalue weighted by Crippen LogP contribution is -2.30. The summed E-state index contributed by atoms with van der Waals surface area (Å²) in [5.74, 6) is 0.902. The summed E-state index contributed by atoms with van der Waals surface area (Å²) in [6, 6.07) is 14.0. The third kappa shape index (κ3) is 4.11. The van der Waals surface area contributed by atoms with Gasteiger partial charge in [-0.1, -0.05) is 31.2 Å². The van der Waals surface area contributed by atoms with E-state index >= 15 is 0 Å². The van der Waals surface area contributed by atoms with E-state index in [4.69, 9.17) is 4.74 Å². The minimum atomic E-state index is 0.0890. The number of aryl methyl sites for hydroxylation is 1. The van der Waals surface area contributed by atoms with Crippen molar-refractivity contribution in [1.29, 1.82) is 0 Å². The molecule has 0 atom stereocenters. The normalized spacial score (nSPS) is 10.6. The summed E-state index contributed by atoms with van der Waals surface area (Å²) < 4.78 is 5.46. The SMILES string of the molecule is CCc1ccsc1C(=O)N(Cc1cccs1)Cc1ccccc1OC. The Kier molecular flexibility index (Phi) is 5.89. The first-order valence-corrected chi connectivity index (χ1v) is 9.98. The zero-order valence-electron chi connectivity index (χ0n) is 14.4. The number of methoxy groups -OCH3 is 1. The molecule has 0 unspecified atom stereocenters. The van der Waals surface area contributed by atoms with Crippen molar-refractivity contribution in [3.8, 4) is 5.75 Å². The van der Waals surface area contributed by atoms with Crippen LogP contribution in [0, 0.1) is 0 Å². The Morgan fingerprint density at radius 3 is 2.56 bits per heavy atom. The number of carbonyl (C=O) groups is 1. The van der Waals surface area contributed by atoms with Crippen molar-refractivity contribution in [3.05, 3.63) is 74.1 Å². The molecule has 3 aromatic rings. The molecule has 3 nitrogen and oxygen atoms in total. The minimum absolute atomic E-state index is 0.0890. The Bertz CT molecular complexity index is 824. The Morgan fingerprint density at radius 1 is 1.00 bits per heavy atom. The standard InChI is InChI=1S/C20H21NO2S2/c1-3-15-10-12-25-19(15)20(22)21(14-17-8-6-11-24-17)13-16-7-4-5-9-18(16)23-2/h4-12H,3,13-14H2,1-2H3. The van der Waals surface area contributed by atoms with Crippen molar-refractivity contribution in [1.82, 2.24) is 4.90 Å². The maximum atomic E-state index is 13.2. The number of nitrogens with zero attached hydrogens (tertiary/aromatic N) is 1. The van der Waals surface area contributed by atoms with E-state index in [2.05, 4.69) is 13.0 Å². The summed E-state index contributed by atoms with van der Waals surface area (Å²) in [6.45, 7) is 3.22. The fraction of sp³-hybridized carbons (Fsp3) is 0.250. The first-order chi connectivity index (χ1) is 12.2. The lowest BCUT2D eigenvalue weighted by atomic mass is 10.1. The second-order valence-electron chi connectivity index (χ2n) is 5.68. The molecule has 2 heterocycles. The van der Waals surface area contributed by atoms with Gasteiger partial charge >= 0.3 is 0 Å². The molecule has 2 aromatic heterocycles. The second-order valence-corrected chi connectivity index (χ2v) is 7.63. The fourth-order valence-electron chi connectivity index (χ4n) is 2.77. The maximum absolute atomic E-state index is 13.2. The van der Waals surface area contributed by atoms with Crippen LogP contribution in [-0.2, 0) is 19.5 Å². The topological polar surface area (TPSA) is 29.5 Å². The van der Waals surface area contributed by atoms with Crippen molar-refractivity contribution in [2.45, 2.75) is 26.4 Å². The van der Waals surface area contributed by atoms with Gasteiger partial charge in [-0.3, -0.25) is 4.79 Å². The van der Waals surface area contributed by atoms with Gasteiger partial charge in [0.25, 0.3) is 5.91 Å². The van der Waals surface area contributed by atoms with Crippen molar-refractivity contribution >= 4 is 28.6 Å². The van der Waals surface area contributed by atoms with E-state index in [1.165, 1.54) is 16.2 Å². The van der Waals surface area contributed by atoms with E-state index in [0.29, 0.717) is 13.1 Å². The highest BCUT2D eigenvalue weighted by Crippen LogP contribution is 2.25. The number of hydrogen-bond acceptors (Lipinski definition) is 4. The van der Waals surface area contributed by atoms with Crippen LogP contribution in [0.1, 0.15) is 32.6 Å². The molecule has 0 aliphatic heterocycles. The van der Waals surface area contributed by atoms with Gasteiger partial charge in [-0.05, 0) is 40.9 Å². The predicted octanol–water partition coefficient (Wildman–Crippen LogP) is 5.22. The highest BCUT2D eigenvalue weighted by molar-refractivity contribution is 7.12. The maximum Gasteiger partial charge on any atom is 0.264 e. The molecular weight excluding hydrogens is 350 g/mol. The van der Waals surface area contributed by atoms with E-state index in [1.807, 2.05) is 52.1 Å². The molecule has 0 saturated heterocycles. The lowest BCUT2D eigenvalue weighted by molar-refractivity contribution is 0.0734. The number of hydrogen-bond donors (Lipinski definition) is 0. The molecule has 0 aliphatic rings. The van der Waals surface area contributed by atoms with Crippen LogP contribution in [-0.4, -0.2) is 17.9 Å². The first-order valence-electron chi connectivity index (χ1n) is 8.22. The summed E-state index contributed by atoms with van der Waals surface area (Å²) in [5.41, 5.74) is 2.13. The summed E-state index contributed by atoms with van der Waals surface area (Å²) in [6.07, 6.45) is 0.867. The monoisotopic (exact) mass is 371 g/mol. The first kappa shape index (κ1) is 17.7. The summed E-state index contributed by atoms with van der Waals surface area (Å²) >= 11 is 3.20. The Labute approximate surface area is 156 Å². The Balaban J connectivity index is 1.90. The van der Waals surface area contributed by atoms with E-state index in [0.717, 1.165) is 28.2 Å². The molecule has 0 bridgehead atoms. The number of amides is 1. The second kappa shape index (κ2) is 8.32. The zero-order chi connectivity index (χ0) is 17.6. The summed E-state index contributed by atoms with van der Waals surface area (Å²) in [4.78, 5) is 17.1. The van der Waals surface area contributed by atoms with Crippen LogP contribution in [0.4, 0.5) is 0 Å². The number of ether oxygens (including phenoxy) is 1. The third-order valence-corrected chi connectivity index (χ3v) is 5.90. The highest BCUT2D eigenvalue weighted by atomic mass is 32.1. The van der Waals surface area contributed by atoms with Gasteiger partial charge < -0.3 is 9.64 Å². The molecule has 0 fully saturated rings. The van der Waals surface area contributed by atoms with E-state index < -0.39 is 0 Å². The van der Waals surface area contributed by atoms with Gasteiger partial charge in [0.05, 0.1) is 25.1 Å². The molecular formula is C20H21NO2S2. The van der Waals surface area contributed by atoms with Crippen molar-refractivity contribution in [2.75, 3.05) is 7.11 Å². The van der Waals surface area contributed by atoms with E-state index in [9.17, 15) is 4.79 Å². The molecule has 130 valence electrons. The molecule has 5 heteroatoms. The predicted molar refractivity (Wildman–Crippen MR) is 105 cm³/mol. The van der Waals surface area contributed by atoms with Crippen molar-refractivity contribution < 1.29 is 9.53 Å². The Morgan fingerprint density at radius 2 is 1.84 bits per heavy atom. The lowest BCUT2D eigenvalue weighted by Gasteiger charge is -2.23. The number of carbonyl (C=O) groups excluding carboxylic acids is 1. The fourth-order valence-corrected chi connectivity index (χ4v) is 4.46. The van der Waals surface area contributed by atoms with Crippen molar-refractivity contribution in [2.24, 2.45) is 0 Å². The quantitative estimate of drug-likeness (QED) is 0.570. The molecule has 0 aliphatic carbocycles. The van der Waals surface area contributed by atoms with Gasteiger partial charge in [-0.25, -0.2) is 0 Å². The number of thiophene rings is 2. The molecule has 1 amide bonds. The summed E-state index contributed by atoms with van der Waals surface area (Å²) in [5, 5.41) is 4.04. The molecule has 0 radical (unpaired) electrons. The van der Waals surface area contributed by atoms with Crippen LogP contribution < -0.4 is 4.74 Å². The molecule has 1 aromatic carbocycles. The smallest absolute Gasteiger partial charge is 0.264 e. The number of para-hydroxylation sites is 1. The molecule has 0 saturated carbocycles. The Hall–Kier alpha value is -2.11. The van der Waals surface area contributed by atoms with Gasteiger partial charge in [-0.15, -0.1) is 22.7 Å². The minimum Gasteiger partial charge on any atom is -0.496 e. The molecule has 0 N–H and O–H groups in total. The van der Waals surface area contributed by atoms with Gasteiger partial charge in [0.2, 0.25) is 0 Å². The summed E-state index contributed by atoms with van der Waals surface area (Å²) in [7, 11) is 1.67. The van der Waals surface area contributed by atoms with E-state index in [1.54, 1.807) is 18.4 Å². The van der Waals surface area contributed by atoms with Crippen molar-refractivity contribution in [3.63, 3.8) is 0 Å². The van der Waals surface area contributed by atoms with Crippen LogP contribution in [0.3, 0.4) is 0 Å². The van der Waals surface area contributed by atoms with Crippen LogP contribution >= 0.6 is 22.7 Å². The number of rotatable bonds is 7. The molecule has 25 heavy (non-hydrogen) atoms. The number of benzene rings is 1. The largest absolute Gasteiger partial charge is 0.496 e. The van der Waals surface area contributed by atoms with Gasteiger partial charge in [-0.2, -0.15) is 0 Å². The van der Waals surface area contributed by atoms with Gasteiger partial charge in [0, 0.05) is 10.4 Å². The van der Waals surface area contributed by atoms with Gasteiger partial charge in [0.1, 0.15) is 5.75 Å². The van der Waals surface area contributed by atoms with Crippen LogP contribution in [0.2, 0.25) is 0 Å². The zero-order valence-corrected chi connectivity index (χ0v) is 16.0. The molecule has 0 spiro atoms. The van der Waals surface area contributed by atoms with Crippen LogP contribution in [0.25, 0.3) is 0 Å². The van der Waals surface area contributed by atoms with Crippen LogP contribution in [0.5, 0.6) is 5.75 Å². The highest BCUT2D eigenvalue weighted by Gasteiger charge is 2.21. The average Bonchev–Trinajstić information content (AvgIpc) is 3.32. The van der Waals surface area contributed by atoms with E-state index in [-0.39, 0.29) is 5.91 Å². The van der Waals surface area contributed by atoms with Gasteiger partial charge in [0.15, 0.2) is 0 Å². The third-order valence-electron chi connectivity index (χ3n) is 4.09. The molecule has 3 rings (SSSR count).